The molecule has 2 aromatic carbocycles. The van der Waals surface area contributed by atoms with Crippen molar-refractivity contribution in [3.8, 4) is 22.5 Å². The number of amides is 1. The third-order valence-corrected chi connectivity index (χ3v) is 5.79. The molecule has 0 unspecified atom stereocenters. The molecule has 2 heterocycles. The van der Waals surface area contributed by atoms with Crippen LogP contribution in [0.3, 0.4) is 0 Å². The molecule has 0 radical (unpaired) electrons. The summed E-state index contributed by atoms with van der Waals surface area (Å²) in [5.74, 6) is -0.304. The highest BCUT2D eigenvalue weighted by molar-refractivity contribution is 6.07. The van der Waals surface area contributed by atoms with Gasteiger partial charge in [0.2, 0.25) is 0 Å². The molecule has 4 rings (SSSR count). The quantitative estimate of drug-likeness (QED) is 0.284. The summed E-state index contributed by atoms with van der Waals surface area (Å²) in [5.41, 5.74) is 13.4. The molecule has 8 nitrogen and oxygen atoms in total. The lowest BCUT2D eigenvalue weighted by Crippen LogP contribution is -2.18. The predicted octanol–water partition coefficient (Wildman–Crippen LogP) is 5.46. The van der Waals surface area contributed by atoms with E-state index in [1.807, 2.05) is 38.1 Å². The summed E-state index contributed by atoms with van der Waals surface area (Å²) in [7, 11) is 0. The first kappa shape index (κ1) is 29.8. The molecule has 4 N–H and O–H groups in total. The number of H-pyrrole nitrogens is 1. The molecule has 0 bridgehead atoms. The highest BCUT2D eigenvalue weighted by atomic mass is 35.5. The van der Waals surface area contributed by atoms with Crippen LogP contribution in [0.2, 0.25) is 0 Å². The summed E-state index contributed by atoms with van der Waals surface area (Å²) >= 11 is 0. The van der Waals surface area contributed by atoms with E-state index in [4.69, 9.17) is 10.7 Å². The second-order valence-corrected chi connectivity index (χ2v) is 9.02. The number of benzene rings is 2. The molecule has 0 aliphatic carbocycles. The smallest absolute Gasteiger partial charge is 0.326 e. The number of pyridine rings is 1. The summed E-state index contributed by atoms with van der Waals surface area (Å²) < 4.78 is 4.59. The highest BCUT2D eigenvalue weighted by Crippen LogP contribution is 2.36. The SMILES string of the molecule is Cc1ccc(-c2c(CN)c(CC(C)C)nc(C)c2NC(=O)c2cccc(-c3noc(=O)[nH]3)c2)cc1.Cl.Cl. The van der Waals surface area contributed by atoms with Gasteiger partial charge in [-0.1, -0.05) is 61.0 Å². The molecular weight excluding hydrogens is 513 g/mol. The molecular formula is C27H31Cl2N5O3. The number of anilines is 1. The number of hydrogen-bond acceptors (Lipinski definition) is 6. The Bertz CT molecular complexity index is 1430. The van der Waals surface area contributed by atoms with Crippen LogP contribution in [-0.2, 0) is 13.0 Å². The summed E-state index contributed by atoms with van der Waals surface area (Å²) in [6, 6.07) is 15.0. The molecule has 0 aliphatic rings. The van der Waals surface area contributed by atoms with E-state index in [9.17, 15) is 9.59 Å². The molecule has 0 saturated carbocycles. The Kier molecular flexibility index (Phi) is 10.2. The van der Waals surface area contributed by atoms with Crippen molar-refractivity contribution in [2.45, 2.75) is 40.7 Å². The monoisotopic (exact) mass is 543 g/mol. The van der Waals surface area contributed by atoms with Crippen LogP contribution in [-0.4, -0.2) is 21.0 Å². The number of aromatic amines is 1. The largest absolute Gasteiger partial charge is 0.439 e. The van der Waals surface area contributed by atoms with Gasteiger partial charge in [-0.05, 0) is 49.4 Å². The number of carbonyl (C=O) groups excluding carboxylic acids is 1. The second-order valence-electron chi connectivity index (χ2n) is 9.02. The van der Waals surface area contributed by atoms with Crippen molar-refractivity contribution < 1.29 is 9.32 Å². The van der Waals surface area contributed by atoms with Gasteiger partial charge in [0.05, 0.1) is 11.4 Å². The molecule has 4 aromatic rings. The summed E-state index contributed by atoms with van der Waals surface area (Å²) in [5, 5.41) is 6.78. The van der Waals surface area contributed by atoms with Crippen LogP contribution in [0.15, 0.2) is 57.8 Å². The van der Waals surface area contributed by atoms with Crippen LogP contribution < -0.4 is 16.8 Å². The van der Waals surface area contributed by atoms with Gasteiger partial charge < -0.3 is 11.1 Å². The minimum absolute atomic E-state index is 0. The van der Waals surface area contributed by atoms with Crippen molar-refractivity contribution in [2.75, 3.05) is 5.32 Å². The molecule has 2 aromatic heterocycles. The van der Waals surface area contributed by atoms with Crippen LogP contribution in [0.5, 0.6) is 0 Å². The van der Waals surface area contributed by atoms with E-state index in [0.717, 1.165) is 40.1 Å². The van der Waals surface area contributed by atoms with Crippen LogP contribution in [0, 0.1) is 19.8 Å². The lowest BCUT2D eigenvalue weighted by Gasteiger charge is -2.21. The maximum absolute atomic E-state index is 13.4. The van der Waals surface area contributed by atoms with E-state index in [-0.39, 0.29) is 36.5 Å². The van der Waals surface area contributed by atoms with Gasteiger partial charge in [-0.2, -0.15) is 0 Å². The predicted molar refractivity (Wildman–Crippen MR) is 151 cm³/mol. The molecule has 1 amide bonds. The molecule has 37 heavy (non-hydrogen) atoms. The summed E-state index contributed by atoms with van der Waals surface area (Å²) in [4.78, 5) is 32.0. The van der Waals surface area contributed by atoms with Crippen LogP contribution >= 0.6 is 24.8 Å². The minimum Gasteiger partial charge on any atom is -0.326 e. The number of rotatable bonds is 7. The highest BCUT2D eigenvalue weighted by Gasteiger charge is 2.21. The summed E-state index contributed by atoms with van der Waals surface area (Å²) in [6.07, 6.45) is 0.790. The van der Waals surface area contributed by atoms with Gasteiger partial charge >= 0.3 is 5.76 Å². The zero-order valence-electron chi connectivity index (χ0n) is 21.1. The third kappa shape index (κ3) is 6.65. The molecule has 0 fully saturated rings. The van der Waals surface area contributed by atoms with E-state index < -0.39 is 5.76 Å². The van der Waals surface area contributed by atoms with Gasteiger partial charge in [-0.25, -0.2) is 4.79 Å². The molecule has 0 spiro atoms. The van der Waals surface area contributed by atoms with Crippen molar-refractivity contribution in [1.82, 2.24) is 15.1 Å². The maximum atomic E-state index is 13.4. The molecule has 10 heteroatoms. The fourth-order valence-electron chi connectivity index (χ4n) is 4.12. The number of hydrogen-bond donors (Lipinski definition) is 3. The first-order valence-electron chi connectivity index (χ1n) is 11.5. The molecule has 0 saturated heterocycles. The van der Waals surface area contributed by atoms with E-state index in [2.05, 4.69) is 33.8 Å². The zero-order chi connectivity index (χ0) is 25.1. The normalized spacial score (nSPS) is 10.5. The second kappa shape index (κ2) is 12.7. The number of aromatic nitrogens is 3. The standard InChI is InChI=1S/C27H29N5O3.2ClH/c1-15(2)12-22-21(14-28)23(18-10-8-16(3)9-11-18)24(17(4)29-22)30-26(33)20-7-5-6-19(13-20)25-31-27(34)35-32-25;;/h5-11,13,15H,12,14,28H2,1-4H3,(H,30,33)(H,31,32,34);2*1H. The lowest BCUT2D eigenvalue weighted by atomic mass is 9.92. The van der Waals surface area contributed by atoms with Crippen LogP contribution in [0.1, 0.15) is 46.7 Å². The lowest BCUT2D eigenvalue weighted by molar-refractivity contribution is 0.102. The van der Waals surface area contributed by atoms with Gasteiger partial charge in [0.25, 0.3) is 5.91 Å². The Morgan fingerprint density at radius 2 is 1.78 bits per heavy atom. The van der Waals surface area contributed by atoms with Gasteiger partial charge in [0.15, 0.2) is 5.82 Å². The number of halogens is 2. The van der Waals surface area contributed by atoms with Crippen molar-refractivity contribution in [3.05, 3.63) is 87.2 Å². The average Bonchev–Trinajstić information content (AvgIpc) is 3.27. The van der Waals surface area contributed by atoms with Crippen molar-refractivity contribution >= 4 is 36.4 Å². The van der Waals surface area contributed by atoms with E-state index in [1.165, 1.54) is 0 Å². The fourth-order valence-corrected chi connectivity index (χ4v) is 4.12. The Morgan fingerprint density at radius 1 is 1.08 bits per heavy atom. The van der Waals surface area contributed by atoms with E-state index >= 15 is 0 Å². The Balaban J connectivity index is 0.00000241. The van der Waals surface area contributed by atoms with Gasteiger partial charge in [0.1, 0.15) is 0 Å². The molecule has 0 aliphatic heterocycles. The van der Waals surface area contributed by atoms with E-state index in [1.54, 1.807) is 24.3 Å². The van der Waals surface area contributed by atoms with E-state index in [0.29, 0.717) is 29.3 Å². The average molecular weight is 544 g/mol. The number of carbonyl (C=O) groups is 1. The number of aryl methyl sites for hydroxylation is 2. The maximum Gasteiger partial charge on any atom is 0.439 e. The van der Waals surface area contributed by atoms with Gasteiger partial charge in [-0.15, -0.1) is 24.8 Å². The Labute approximate surface area is 227 Å². The fraction of sp³-hybridized carbons (Fsp3) is 0.259. The van der Waals surface area contributed by atoms with Crippen LogP contribution in [0.25, 0.3) is 22.5 Å². The number of nitrogens with zero attached hydrogens (tertiary/aromatic N) is 2. The topological polar surface area (TPSA) is 127 Å². The zero-order valence-corrected chi connectivity index (χ0v) is 22.8. The number of nitrogens with two attached hydrogens (primary N) is 1. The van der Waals surface area contributed by atoms with Crippen molar-refractivity contribution in [2.24, 2.45) is 11.7 Å². The number of nitrogens with one attached hydrogen (secondary N) is 2. The third-order valence-electron chi connectivity index (χ3n) is 5.79. The van der Waals surface area contributed by atoms with Gasteiger partial charge in [0, 0.05) is 28.9 Å². The first-order valence-corrected chi connectivity index (χ1v) is 11.5. The Morgan fingerprint density at radius 3 is 2.38 bits per heavy atom. The molecule has 196 valence electrons. The first-order chi connectivity index (χ1) is 16.8. The summed E-state index contributed by atoms with van der Waals surface area (Å²) in [6.45, 7) is 8.53. The Hall–Kier alpha value is -3.46. The van der Waals surface area contributed by atoms with Crippen molar-refractivity contribution in [3.63, 3.8) is 0 Å². The minimum atomic E-state index is -0.657. The van der Waals surface area contributed by atoms with Crippen LogP contribution in [0.4, 0.5) is 5.69 Å². The van der Waals surface area contributed by atoms with Crippen molar-refractivity contribution in [1.29, 1.82) is 0 Å². The van der Waals surface area contributed by atoms with Gasteiger partial charge in [-0.3, -0.25) is 19.3 Å². The molecule has 0 atom stereocenters.